The van der Waals surface area contributed by atoms with Crippen LogP contribution in [0.1, 0.15) is 37.7 Å². The molecule has 1 amide bonds. The Hall–Kier alpha value is -2.62. The Morgan fingerprint density at radius 2 is 2.00 bits per heavy atom. The molecule has 3 aliphatic carbocycles. The molecule has 0 aromatic heterocycles. The minimum atomic E-state index is -5.07. The average molecular weight is 518 g/mol. The van der Waals surface area contributed by atoms with Crippen LogP contribution in [-0.2, 0) is 14.3 Å². The fourth-order valence-electron chi connectivity index (χ4n) is 7.76. The molecule has 2 bridgehead atoms. The lowest BCUT2D eigenvalue weighted by Gasteiger charge is -2.60. The van der Waals surface area contributed by atoms with E-state index in [0.29, 0.717) is 17.5 Å². The number of halogens is 3. The van der Waals surface area contributed by atoms with Gasteiger partial charge in [0.2, 0.25) is 0 Å². The summed E-state index contributed by atoms with van der Waals surface area (Å²) >= 11 is 0. The fourth-order valence-corrected chi connectivity index (χ4v) is 7.76. The van der Waals surface area contributed by atoms with E-state index in [1.165, 1.54) is 6.08 Å². The second-order valence-corrected chi connectivity index (χ2v) is 11.6. The molecular weight excluding hydrogens is 485 g/mol. The largest absolute Gasteiger partial charge is 0.573 e. The summed E-state index contributed by atoms with van der Waals surface area (Å²) in [6.07, 6.45) is 3.09. The summed E-state index contributed by atoms with van der Waals surface area (Å²) in [6, 6.07) is 8.57. The smallest absolute Gasteiger partial charge is 0.400 e. The number of aliphatic hydroxyl groups is 1. The van der Waals surface area contributed by atoms with Crippen LogP contribution in [-0.4, -0.2) is 66.5 Å². The Kier molecular flexibility index (Phi) is 5.47. The van der Waals surface area contributed by atoms with Crippen molar-refractivity contribution in [1.29, 1.82) is 0 Å². The number of nitrogens with zero attached hydrogens (tertiary/aromatic N) is 1. The summed E-state index contributed by atoms with van der Waals surface area (Å²) in [5, 5.41) is 14.2. The third kappa shape index (κ3) is 3.85. The Bertz CT molecular complexity index is 1210. The lowest BCUT2D eigenvalue weighted by Crippen LogP contribution is -2.67. The molecule has 198 valence electrons. The molecule has 2 N–H and O–H groups in total. The second kappa shape index (κ2) is 8.19. The van der Waals surface area contributed by atoms with Crippen molar-refractivity contribution in [1.82, 2.24) is 5.32 Å². The Balaban J connectivity index is 1.35. The van der Waals surface area contributed by atoms with Gasteiger partial charge in [-0.3, -0.25) is 4.79 Å². The number of hydrogen-bond donors (Lipinski definition) is 2. The van der Waals surface area contributed by atoms with E-state index in [1.54, 1.807) is 30.3 Å². The van der Waals surface area contributed by atoms with Gasteiger partial charge in [-0.25, -0.2) is 0 Å². The molecule has 2 heterocycles. The molecule has 0 radical (unpaired) electrons. The summed E-state index contributed by atoms with van der Waals surface area (Å²) in [7, 11) is 4.56. The normalized spacial score (nSPS) is 37.7. The van der Waals surface area contributed by atoms with E-state index in [4.69, 9.17) is 4.74 Å². The van der Waals surface area contributed by atoms with Gasteiger partial charge in [-0.1, -0.05) is 42.8 Å². The zero-order valence-electron chi connectivity index (χ0n) is 20.9. The van der Waals surface area contributed by atoms with Crippen molar-refractivity contribution in [2.75, 3.05) is 20.6 Å². The van der Waals surface area contributed by atoms with Crippen LogP contribution >= 0.6 is 0 Å². The third-order valence-corrected chi connectivity index (χ3v) is 9.32. The lowest BCUT2D eigenvalue weighted by atomic mass is 9.50. The zero-order valence-corrected chi connectivity index (χ0v) is 20.9. The SMILES string of the molecule is C[N+]1(C)CC[C@]23C4=C5C=CC(O)(NC(=O)C(=Cc6ccccc6)OC(F)(F)F)C4O[C@H]2CCC[C@H]3[C@H]1C5. The molecule has 9 heteroatoms. The van der Waals surface area contributed by atoms with Crippen molar-refractivity contribution in [2.45, 2.75) is 62.4 Å². The first kappa shape index (κ1) is 24.7. The first-order valence-electron chi connectivity index (χ1n) is 12.9. The molecule has 5 aliphatic rings. The molecule has 6 rings (SSSR count). The number of ether oxygens (including phenoxy) is 2. The topological polar surface area (TPSA) is 67.8 Å². The monoisotopic (exact) mass is 517 g/mol. The molecule has 2 unspecified atom stereocenters. The van der Waals surface area contributed by atoms with E-state index in [9.17, 15) is 23.1 Å². The van der Waals surface area contributed by atoms with Crippen molar-refractivity contribution < 1.29 is 37.0 Å². The molecule has 1 aromatic carbocycles. The number of allylic oxidation sites excluding steroid dienone is 1. The molecule has 6 atom stereocenters. The van der Waals surface area contributed by atoms with Gasteiger partial charge in [-0.05, 0) is 41.7 Å². The average Bonchev–Trinajstić information content (AvgIpc) is 3.18. The molecule has 6 nitrogen and oxygen atoms in total. The van der Waals surface area contributed by atoms with Gasteiger partial charge in [-0.2, -0.15) is 0 Å². The number of carbonyl (C=O) groups is 1. The predicted molar refractivity (Wildman–Crippen MR) is 129 cm³/mol. The molecule has 1 saturated carbocycles. The van der Waals surface area contributed by atoms with E-state index in [1.807, 2.05) is 6.08 Å². The highest BCUT2D eigenvalue weighted by molar-refractivity contribution is 5.96. The van der Waals surface area contributed by atoms with Gasteiger partial charge in [0.25, 0.3) is 5.91 Å². The number of likely N-dealkylation sites (tertiary alicyclic amines) is 1. The van der Waals surface area contributed by atoms with Gasteiger partial charge in [0.1, 0.15) is 6.10 Å². The number of quaternary nitrogens is 1. The number of carbonyl (C=O) groups excluding carboxylic acids is 1. The van der Waals surface area contributed by atoms with Crippen molar-refractivity contribution in [3.63, 3.8) is 0 Å². The van der Waals surface area contributed by atoms with E-state index in [2.05, 4.69) is 24.1 Å². The third-order valence-electron chi connectivity index (χ3n) is 9.32. The number of piperidine rings is 1. The summed E-state index contributed by atoms with van der Waals surface area (Å²) in [6.45, 7) is 0.989. The summed E-state index contributed by atoms with van der Waals surface area (Å²) in [5.41, 5.74) is 0.329. The molecular formula is C28H32F3N2O4+. The Morgan fingerprint density at radius 3 is 2.73 bits per heavy atom. The Labute approximate surface area is 214 Å². The Morgan fingerprint density at radius 1 is 1.24 bits per heavy atom. The van der Waals surface area contributed by atoms with Crippen molar-refractivity contribution >= 4 is 12.0 Å². The fraction of sp³-hybridized carbons (Fsp3) is 0.536. The number of alkyl halides is 3. The molecule has 3 fully saturated rings. The van der Waals surface area contributed by atoms with Gasteiger partial charge in [-0.15, -0.1) is 13.2 Å². The van der Waals surface area contributed by atoms with Crippen LogP contribution < -0.4 is 5.32 Å². The molecule has 1 spiro atoms. The quantitative estimate of drug-likeness (QED) is 0.274. The first-order valence-corrected chi connectivity index (χ1v) is 12.9. The van der Waals surface area contributed by atoms with E-state index < -0.39 is 29.9 Å². The first-order chi connectivity index (χ1) is 17.4. The van der Waals surface area contributed by atoms with E-state index >= 15 is 0 Å². The van der Waals surface area contributed by atoms with Gasteiger partial charge in [0.15, 0.2) is 11.5 Å². The van der Waals surface area contributed by atoms with Gasteiger partial charge in [0.05, 0.1) is 32.8 Å². The second-order valence-electron chi connectivity index (χ2n) is 11.6. The summed E-state index contributed by atoms with van der Waals surface area (Å²) < 4.78 is 51.2. The number of nitrogens with one attached hydrogen (secondary N) is 1. The lowest BCUT2D eigenvalue weighted by molar-refractivity contribution is -0.928. The van der Waals surface area contributed by atoms with Crippen molar-refractivity contribution in [3.8, 4) is 0 Å². The highest BCUT2D eigenvalue weighted by atomic mass is 19.4. The van der Waals surface area contributed by atoms with Crippen molar-refractivity contribution in [2.24, 2.45) is 11.3 Å². The maximum absolute atomic E-state index is 13.2. The predicted octanol–water partition coefficient (Wildman–Crippen LogP) is 4.04. The highest BCUT2D eigenvalue weighted by Gasteiger charge is 2.70. The minimum absolute atomic E-state index is 0.0848. The number of benzene rings is 1. The number of amides is 1. The molecule has 2 aliphatic heterocycles. The van der Waals surface area contributed by atoms with Crippen LogP contribution in [0, 0.1) is 11.3 Å². The van der Waals surface area contributed by atoms with E-state index in [0.717, 1.165) is 60.4 Å². The van der Waals surface area contributed by atoms with Crippen LogP contribution in [0.3, 0.4) is 0 Å². The highest BCUT2D eigenvalue weighted by Crippen LogP contribution is 2.66. The van der Waals surface area contributed by atoms with Gasteiger partial charge in [0, 0.05) is 24.2 Å². The maximum atomic E-state index is 13.2. The van der Waals surface area contributed by atoms with Crippen molar-refractivity contribution in [3.05, 3.63) is 65.0 Å². The zero-order chi connectivity index (χ0) is 26.2. The molecule has 1 aromatic rings. The molecule has 37 heavy (non-hydrogen) atoms. The van der Waals surface area contributed by atoms with Crippen LogP contribution in [0.2, 0.25) is 0 Å². The standard InChI is InChI=1S/C28H31F3N2O4/c1-33(2)14-13-26-19-9-6-10-22(26)36-24-23(26)18(16-20(19)33)11-12-27(24,35)32-25(34)21(37-28(29,30)31)15-17-7-4-3-5-8-17/h3-5,7-8,11-12,15,19-20,22,24,35H,6,9-10,13-14,16H2,1-2H3/p+1/t19-,20+,22-,24?,26+,27?/m0/s1. The van der Waals surface area contributed by atoms with Gasteiger partial charge < -0.3 is 24.4 Å². The summed E-state index contributed by atoms with van der Waals surface area (Å²) in [5.74, 6) is -1.71. The minimum Gasteiger partial charge on any atom is -0.400 e. The van der Waals surface area contributed by atoms with Crippen LogP contribution in [0.25, 0.3) is 6.08 Å². The number of rotatable bonds is 4. The van der Waals surface area contributed by atoms with E-state index in [-0.39, 0.29) is 11.5 Å². The summed E-state index contributed by atoms with van der Waals surface area (Å²) in [4.78, 5) is 13.2. The maximum Gasteiger partial charge on any atom is 0.573 e. The number of hydrogen-bond acceptors (Lipinski definition) is 4. The van der Waals surface area contributed by atoms with Crippen LogP contribution in [0.15, 0.2) is 59.4 Å². The molecule has 2 saturated heterocycles. The van der Waals surface area contributed by atoms with Crippen LogP contribution in [0.5, 0.6) is 0 Å². The van der Waals surface area contributed by atoms with Gasteiger partial charge >= 0.3 is 6.36 Å². The van der Waals surface area contributed by atoms with Crippen LogP contribution in [0.4, 0.5) is 13.2 Å².